The number of nitrogens with zero attached hydrogens (tertiary/aromatic N) is 1. The fraction of sp³-hybridized carbons (Fsp3) is 0.600. The van der Waals surface area contributed by atoms with Crippen LogP contribution in [0.1, 0.15) is 37.9 Å². The molecule has 1 fully saturated rings. The molecule has 0 radical (unpaired) electrons. The first-order valence-electron chi connectivity index (χ1n) is 5.07. The lowest BCUT2D eigenvalue weighted by Gasteiger charge is -2.03. The maximum Gasteiger partial charge on any atom is 0.328 e. The Balaban J connectivity index is 2.45. The van der Waals surface area contributed by atoms with Gasteiger partial charge < -0.3 is 4.98 Å². The Bertz CT molecular complexity index is 409. The fourth-order valence-electron chi connectivity index (χ4n) is 1.63. The number of nitrogens with one attached hydrogen (secondary N) is 1. The topological polar surface area (TPSA) is 54.9 Å². The molecule has 1 aliphatic carbocycles. The molecule has 0 spiro atoms. The van der Waals surface area contributed by atoms with Crippen molar-refractivity contribution in [2.75, 3.05) is 0 Å². The van der Waals surface area contributed by atoms with Crippen LogP contribution in [-0.4, -0.2) is 9.55 Å². The van der Waals surface area contributed by atoms with E-state index >= 15 is 0 Å². The van der Waals surface area contributed by atoms with E-state index in [0.29, 0.717) is 0 Å². The Morgan fingerprint density at radius 1 is 1.50 bits per heavy atom. The van der Waals surface area contributed by atoms with Gasteiger partial charge in [-0.1, -0.05) is 13.3 Å². The zero-order valence-corrected chi connectivity index (χ0v) is 8.25. The van der Waals surface area contributed by atoms with Crippen LogP contribution < -0.4 is 11.2 Å². The van der Waals surface area contributed by atoms with Gasteiger partial charge in [0.25, 0.3) is 5.56 Å². The smallest absolute Gasteiger partial charge is 0.311 e. The van der Waals surface area contributed by atoms with Crippen LogP contribution in [0.25, 0.3) is 0 Å². The Hall–Kier alpha value is -1.32. The van der Waals surface area contributed by atoms with E-state index < -0.39 is 0 Å². The van der Waals surface area contributed by atoms with Crippen molar-refractivity contribution in [3.05, 3.63) is 32.6 Å². The molecule has 0 aliphatic heterocycles. The third kappa shape index (κ3) is 1.64. The average molecular weight is 194 g/mol. The minimum absolute atomic E-state index is 0.153. The van der Waals surface area contributed by atoms with Crippen LogP contribution in [0.15, 0.2) is 15.7 Å². The first kappa shape index (κ1) is 9.24. The lowest BCUT2D eigenvalue weighted by molar-refractivity contribution is 0.643. The lowest BCUT2D eigenvalue weighted by Crippen LogP contribution is -2.34. The zero-order chi connectivity index (χ0) is 10.1. The second kappa shape index (κ2) is 3.44. The number of aryl methyl sites for hydroxylation is 1. The van der Waals surface area contributed by atoms with E-state index in [1.165, 1.54) is 4.57 Å². The summed E-state index contributed by atoms with van der Waals surface area (Å²) in [6.45, 7) is 2.02. The summed E-state index contributed by atoms with van der Waals surface area (Å²) in [7, 11) is 0. The Morgan fingerprint density at radius 3 is 2.71 bits per heavy atom. The van der Waals surface area contributed by atoms with Crippen LogP contribution in [0.5, 0.6) is 0 Å². The summed E-state index contributed by atoms with van der Waals surface area (Å²) in [6.07, 6.45) is 3.60. The molecule has 4 nitrogen and oxygen atoms in total. The summed E-state index contributed by atoms with van der Waals surface area (Å²) in [6, 6.07) is 1.70. The predicted molar refractivity (Wildman–Crippen MR) is 53.6 cm³/mol. The van der Waals surface area contributed by atoms with E-state index in [-0.39, 0.29) is 17.3 Å². The molecule has 14 heavy (non-hydrogen) atoms. The third-order valence-corrected chi connectivity index (χ3v) is 2.45. The van der Waals surface area contributed by atoms with Crippen molar-refractivity contribution in [1.82, 2.24) is 9.55 Å². The van der Waals surface area contributed by atoms with Crippen molar-refractivity contribution in [2.24, 2.45) is 0 Å². The second-order valence-electron chi connectivity index (χ2n) is 3.79. The molecule has 1 N–H and O–H groups in total. The minimum atomic E-state index is -0.247. The highest BCUT2D eigenvalue weighted by Crippen LogP contribution is 2.31. The molecular formula is C10H14N2O2. The number of aromatic nitrogens is 2. The predicted octanol–water partition coefficient (Wildman–Crippen LogP) is 0.824. The average Bonchev–Trinajstić information content (AvgIpc) is 2.87. The Labute approximate surface area is 81.6 Å². The molecule has 0 bridgehead atoms. The van der Waals surface area contributed by atoms with Crippen molar-refractivity contribution in [1.29, 1.82) is 0 Å². The number of hydrogen-bond donors (Lipinski definition) is 1. The van der Waals surface area contributed by atoms with Crippen LogP contribution in [0.3, 0.4) is 0 Å². The summed E-state index contributed by atoms with van der Waals surface area (Å²) in [5.74, 6) is 0. The monoisotopic (exact) mass is 194 g/mol. The molecule has 0 aromatic carbocycles. The first-order chi connectivity index (χ1) is 6.72. The van der Waals surface area contributed by atoms with Crippen molar-refractivity contribution in [3.8, 4) is 0 Å². The molecule has 1 aliphatic rings. The molecule has 0 atom stereocenters. The summed E-state index contributed by atoms with van der Waals surface area (Å²) >= 11 is 0. The SMILES string of the molecule is CCCc1cc(=O)n(C2CC2)c(=O)[nH]1. The van der Waals surface area contributed by atoms with Gasteiger partial charge in [0, 0.05) is 17.8 Å². The van der Waals surface area contributed by atoms with Crippen LogP contribution in [0, 0.1) is 0 Å². The largest absolute Gasteiger partial charge is 0.328 e. The summed E-state index contributed by atoms with van der Waals surface area (Å²) in [5, 5.41) is 0. The fourth-order valence-corrected chi connectivity index (χ4v) is 1.63. The quantitative estimate of drug-likeness (QED) is 0.774. The van der Waals surface area contributed by atoms with Crippen molar-refractivity contribution >= 4 is 0 Å². The molecule has 1 aromatic heterocycles. The van der Waals surface area contributed by atoms with Gasteiger partial charge in [-0.15, -0.1) is 0 Å². The maximum atomic E-state index is 11.6. The molecule has 76 valence electrons. The highest BCUT2D eigenvalue weighted by molar-refractivity contribution is 5.02. The molecule has 0 saturated heterocycles. The van der Waals surface area contributed by atoms with Crippen molar-refractivity contribution in [3.63, 3.8) is 0 Å². The van der Waals surface area contributed by atoms with Gasteiger partial charge in [-0.3, -0.25) is 9.36 Å². The first-order valence-corrected chi connectivity index (χ1v) is 5.07. The van der Waals surface area contributed by atoms with Gasteiger partial charge in [0.05, 0.1) is 0 Å². The molecule has 0 unspecified atom stereocenters. The van der Waals surface area contributed by atoms with E-state index in [1.54, 1.807) is 6.07 Å². The van der Waals surface area contributed by atoms with Crippen LogP contribution >= 0.6 is 0 Å². The molecule has 2 rings (SSSR count). The Morgan fingerprint density at radius 2 is 2.21 bits per heavy atom. The highest BCUT2D eigenvalue weighted by Gasteiger charge is 2.26. The number of hydrogen-bond acceptors (Lipinski definition) is 2. The Kier molecular flexibility index (Phi) is 2.27. The lowest BCUT2D eigenvalue weighted by atomic mass is 10.2. The van der Waals surface area contributed by atoms with Gasteiger partial charge in [0.2, 0.25) is 0 Å². The van der Waals surface area contributed by atoms with E-state index in [4.69, 9.17) is 0 Å². The van der Waals surface area contributed by atoms with Crippen molar-refractivity contribution < 1.29 is 0 Å². The maximum absolute atomic E-state index is 11.6. The molecule has 1 saturated carbocycles. The van der Waals surface area contributed by atoms with Crippen LogP contribution in [0.2, 0.25) is 0 Å². The van der Waals surface area contributed by atoms with E-state index in [1.807, 2.05) is 6.92 Å². The van der Waals surface area contributed by atoms with Gasteiger partial charge in [0.15, 0.2) is 0 Å². The van der Waals surface area contributed by atoms with Crippen LogP contribution in [0.4, 0.5) is 0 Å². The van der Waals surface area contributed by atoms with E-state index in [9.17, 15) is 9.59 Å². The molecule has 1 aromatic rings. The normalized spacial score (nSPS) is 15.8. The summed E-state index contributed by atoms with van der Waals surface area (Å²) < 4.78 is 1.33. The second-order valence-corrected chi connectivity index (χ2v) is 3.79. The molecule has 0 amide bonds. The standard InChI is InChI=1S/C10H14N2O2/c1-2-3-7-6-9(13)12(8-4-5-8)10(14)11-7/h6,8H,2-5H2,1H3,(H,11,14). The number of rotatable bonds is 3. The summed E-state index contributed by atoms with van der Waals surface area (Å²) in [5.41, 5.74) is 0.350. The minimum Gasteiger partial charge on any atom is -0.311 e. The van der Waals surface area contributed by atoms with Crippen LogP contribution in [-0.2, 0) is 6.42 Å². The van der Waals surface area contributed by atoms with Gasteiger partial charge >= 0.3 is 5.69 Å². The number of aromatic amines is 1. The van der Waals surface area contributed by atoms with Gasteiger partial charge in [-0.2, -0.15) is 0 Å². The van der Waals surface area contributed by atoms with Crippen molar-refractivity contribution in [2.45, 2.75) is 38.6 Å². The third-order valence-electron chi connectivity index (χ3n) is 2.45. The number of H-pyrrole nitrogens is 1. The van der Waals surface area contributed by atoms with E-state index in [2.05, 4.69) is 4.98 Å². The van der Waals surface area contributed by atoms with Gasteiger partial charge in [0.1, 0.15) is 0 Å². The zero-order valence-electron chi connectivity index (χ0n) is 8.25. The molecule has 4 heteroatoms. The van der Waals surface area contributed by atoms with Gasteiger partial charge in [-0.25, -0.2) is 4.79 Å². The van der Waals surface area contributed by atoms with E-state index in [0.717, 1.165) is 31.4 Å². The molecule has 1 heterocycles. The summed E-state index contributed by atoms with van der Waals surface area (Å²) in [4.78, 5) is 25.8. The van der Waals surface area contributed by atoms with Gasteiger partial charge in [-0.05, 0) is 19.3 Å². The molecular weight excluding hydrogens is 180 g/mol. The highest BCUT2D eigenvalue weighted by atomic mass is 16.2.